The van der Waals surface area contributed by atoms with Crippen molar-refractivity contribution in [2.45, 2.75) is 31.8 Å². The standard InChI is InChI=1S/C21H22F2N8O2S/c1-12(29-30-24)15-3-6-25-20-16(15)9-13(10-17(20)22)19-18(23)11-26-21(28-19)27-14-4-7-31(8-5-14)34(2,32)33/h3,6,9-12,14H,4-5,7-8H2,1-2H3,(H,26,27,28). The molecule has 0 bridgehead atoms. The Hall–Kier alpha value is -3.41. The van der Waals surface area contributed by atoms with Gasteiger partial charge in [0.25, 0.3) is 0 Å². The molecule has 10 nitrogen and oxygen atoms in total. The van der Waals surface area contributed by atoms with Crippen LogP contribution in [0.5, 0.6) is 0 Å². The quantitative estimate of drug-likeness (QED) is 0.314. The van der Waals surface area contributed by atoms with Crippen LogP contribution in [-0.4, -0.2) is 53.1 Å². The summed E-state index contributed by atoms with van der Waals surface area (Å²) in [7, 11) is -3.25. The van der Waals surface area contributed by atoms with Gasteiger partial charge in [-0.2, -0.15) is 0 Å². The van der Waals surface area contributed by atoms with Crippen molar-refractivity contribution in [2.24, 2.45) is 5.11 Å². The van der Waals surface area contributed by atoms with Gasteiger partial charge in [0.15, 0.2) is 5.82 Å². The molecular formula is C21H22F2N8O2S. The first-order valence-electron chi connectivity index (χ1n) is 10.5. The number of fused-ring (bicyclic) bond motifs is 1. The number of piperidine rings is 1. The molecular weight excluding hydrogens is 466 g/mol. The van der Waals surface area contributed by atoms with Crippen LogP contribution in [0.25, 0.3) is 32.6 Å². The molecule has 1 aromatic carbocycles. The fraction of sp³-hybridized carbons (Fsp3) is 0.381. The van der Waals surface area contributed by atoms with Gasteiger partial charge in [-0.1, -0.05) is 12.0 Å². The van der Waals surface area contributed by atoms with E-state index in [1.807, 2.05) is 0 Å². The van der Waals surface area contributed by atoms with E-state index in [4.69, 9.17) is 5.53 Å². The summed E-state index contributed by atoms with van der Waals surface area (Å²) in [6.07, 6.45) is 4.69. The number of nitrogens with one attached hydrogen (secondary N) is 1. The van der Waals surface area contributed by atoms with E-state index in [1.165, 1.54) is 16.8 Å². The lowest BCUT2D eigenvalue weighted by Gasteiger charge is -2.30. The Morgan fingerprint density at radius 2 is 1.97 bits per heavy atom. The van der Waals surface area contributed by atoms with Crippen LogP contribution in [0.3, 0.4) is 0 Å². The summed E-state index contributed by atoms with van der Waals surface area (Å²) in [5, 5.41) is 7.18. The molecule has 1 saturated heterocycles. The maximum absolute atomic E-state index is 14.9. The lowest BCUT2D eigenvalue weighted by Crippen LogP contribution is -2.42. The third-order valence-corrected chi connectivity index (χ3v) is 7.08. The van der Waals surface area contributed by atoms with Gasteiger partial charge in [-0.15, -0.1) is 0 Å². The van der Waals surface area contributed by atoms with Crippen molar-refractivity contribution in [3.05, 3.63) is 58.2 Å². The Morgan fingerprint density at radius 1 is 1.24 bits per heavy atom. The molecule has 1 aliphatic rings. The molecule has 1 atom stereocenters. The van der Waals surface area contributed by atoms with Crippen molar-refractivity contribution in [2.75, 3.05) is 24.7 Å². The molecule has 4 rings (SSSR count). The molecule has 34 heavy (non-hydrogen) atoms. The molecule has 3 aromatic rings. The Kier molecular flexibility index (Phi) is 6.60. The summed E-state index contributed by atoms with van der Waals surface area (Å²) in [5.41, 5.74) is 9.49. The Balaban J connectivity index is 1.66. The number of azide groups is 1. The molecule has 13 heteroatoms. The second kappa shape index (κ2) is 9.45. The van der Waals surface area contributed by atoms with Crippen LogP contribution in [0.1, 0.15) is 31.4 Å². The van der Waals surface area contributed by atoms with Crippen molar-refractivity contribution < 1.29 is 17.2 Å². The van der Waals surface area contributed by atoms with Crippen molar-refractivity contribution in [3.63, 3.8) is 0 Å². The fourth-order valence-corrected chi connectivity index (χ4v) is 4.90. The first kappa shape index (κ1) is 23.7. The summed E-state index contributed by atoms with van der Waals surface area (Å²) < 4.78 is 54.4. The van der Waals surface area contributed by atoms with E-state index in [2.05, 4.69) is 30.3 Å². The van der Waals surface area contributed by atoms with E-state index < -0.39 is 27.7 Å². The van der Waals surface area contributed by atoms with Crippen LogP contribution in [-0.2, 0) is 10.0 Å². The predicted molar refractivity (Wildman–Crippen MR) is 123 cm³/mol. The van der Waals surface area contributed by atoms with Crippen molar-refractivity contribution in [3.8, 4) is 11.3 Å². The van der Waals surface area contributed by atoms with Crippen molar-refractivity contribution in [1.29, 1.82) is 0 Å². The van der Waals surface area contributed by atoms with Gasteiger partial charge in [0.05, 0.1) is 18.5 Å². The predicted octanol–water partition coefficient (Wildman–Crippen LogP) is 4.18. The number of anilines is 1. The zero-order valence-electron chi connectivity index (χ0n) is 18.5. The number of hydrogen-bond donors (Lipinski definition) is 1. The lowest BCUT2D eigenvalue weighted by molar-refractivity contribution is 0.331. The third kappa shape index (κ3) is 4.91. The largest absolute Gasteiger partial charge is 0.351 e. The van der Waals surface area contributed by atoms with Gasteiger partial charge in [-0.05, 0) is 42.1 Å². The van der Waals surface area contributed by atoms with E-state index in [0.717, 1.165) is 12.3 Å². The number of pyridine rings is 1. The molecule has 0 saturated carbocycles. The summed E-state index contributed by atoms with van der Waals surface area (Å²) in [6.45, 7) is 2.39. The Bertz CT molecular complexity index is 1390. The highest BCUT2D eigenvalue weighted by molar-refractivity contribution is 7.88. The van der Waals surface area contributed by atoms with E-state index in [-0.39, 0.29) is 28.8 Å². The Morgan fingerprint density at radius 3 is 2.65 bits per heavy atom. The molecule has 0 radical (unpaired) electrons. The first-order chi connectivity index (χ1) is 16.2. The van der Waals surface area contributed by atoms with Crippen LogP contribution in [0.4, 0.5) is 14.7 Å². The van der Waals surface area contributed by atoms with E-state index in [1.54, 1.807) is 19.1 Å². The normalized spacial score (nSPS) is 16.2. The fourth-order valence-electron chi connectivity index (χ4n) is 4.03. The summed E-state index contributed by atoms with van der Waals surface area (Å²) in [4.78, 5) is 15.1. The zero-order chi connectivity index (χ0) is 24.5. The van der Waals surface area contributed by atoms with Gasteiger partial charge in [0.1, 0.15) is 17.0 Å². The molecule has 0 amide bonds. The van der Waals surface area contributed by atoms with Crippen LogP contribution < -0.4 is 5.32 Å². The number of nitrogens with zero attached hydrogens (tertiary/aromatic N) is 7. The number of rotatable bonds is 6. The molecule has 2 aromatic heterocycles. The molecule has 1 fully saturated rings. The highest BCUT2D eigenvalue weighted by atomic mass is 32.2. The highest BCUT2D eigenvalue weighted by Crippen LogP contribution is 2.32. The number of hydrogen-bond acceptors (Lipinski definition) is 7. The number of benzene rings is 1. The number of sulfonamides is 1. The molecule has 1 unspecified atom stereocenters. The first-order valence-corrected chi connectivity index (χ1v) is 12.4. The number of aromatic nitrogens is 3. The van der Waals surface area contributed by atoms with Gasteiger partial charge >= 0.3 is 0 Å². The third-order valence-electron chi connectivity index (χ3n) is 5.78. The van der Waals surface area contributed by atoms with Gasteiger partial charge in [0, 0.05) is 41.2 Å². The molecule has 0 aliphatic carbocycles. The SMILES string of the molecule is CC(N=[N+]=[N-])c1ccnc2c(F)cc(-c3nc(NC4CCN(S(C)(=O)=O)CC4)ncc3F)cc12. The van der Waals surface area contributed by atoms with Gasteiger partial charge < -0.3 is 5.32 Å². The van der Waals surface area contributed by atoms with Crippen LogP contribution in [0.2, 0.25) is 0 Å². The highest BCUT2D eigenvalue weighted by Gasteiger charge is 2.25. The second-order valence-electron chi connectivity index (χ2n) is 8.11. The number of halogens is 2. The lowest BCUT2D eigenvalue weighted by atomic mass is 10.00. The summed E-state index contributed by atoms with van der Waals surface area (Å²) in [6, 6.07) is 3.65. The molecule has 1 N–H and O–H groups in total. The van der Waals surface area contributed by atoms with Crippen LogP contribution in [0.15, 0.2) is 35.7 Å². The topological polar surface area (TPSA) is 137 Å². The molecule has 0 spiro atoms. The minimum atomic E-state index is -3.25. The maximum atomic E-state index is 14.9. The van der Waals surface area contributed by atoms with Gasteiger partial charge in [-0.25, -0.2) is 31.5 Å². The molecule has 3 heterocycles. The van der Waals surface area contributed by atoms with Gasteiger partial charge in [-0.3, -0.25) is 4.98 Å². The maximum Gasteiger partial charge on any atom is 0.223 e. The monoisotopic (exact) mass is 488 g/mol. The van der Waals surface area contributed by atoms with Gasteiger partial charge in [0.2, 0.25) is 16.0 Å². The molecule has 178 valence electrons. The summed E-state index contributed by atoms with van der Waals surface area (Å²) in [5.74, 6) is -1.24. The molecule has 1 aliphatic heterocycles. The average Bonchev–Trinajstić information content (AvgIpc) is 2.80. The van der Waals surface area contributed by atoms with Crippen molar-refractivity contribution >= 4 is 26.9 Å². The van der Waals surface area contributed by atoms with Crippen LogP contribution >= 0.6 is 0 Å². The van der Waals surface area contributed by atoms with Crippen LogP contribution in [0, 0.1) is 11.6 Å². The van der Waals surface area contributed by atoms with E-state index >= 15 is 0 Å². The van der Waals surface area contributed by atoms with E-state index in [0.29, 0.717) is 36.9 Å². The smallest absolute Gasteiger partial charge is 0.223 e. The Labute approximate surface area is 194 Å². The second-order valence-corrected chi connectivity index (χ2v) is 10.1. The van der Waals surface area contributed by atoms with E-state index in [9.17, 15) is 17.2 Å². The van der Waals surface area contributed by atoms with Crippen molar-refractivity contribution in [1.82, 2.24) is 19.3 Å². The minimum absolute atomic E-state index is 0.0756. The minimum Gasteiger partial charge on any atom is -0.351 e. The zero-order valence-corrected chi connectivity index (χ0v) is 19.3. The average molecular weight is 489 g/mol. The summed E-state index contributed by atoms with van der Waals surface area (Å²) >= 11 is 0.